The predicted octanol–water partition coefficient (Wildman–Crippen LogP) is 3.72. The Morgan fingerprint density at radius 3 is 2.57 bits per heavy atom. The second kappa shape index (κ2) is 9.30. The fourth-order valence-corrected chi connectivity index (χ4v) is 2.91. The van der Waals surface area contributed by atoms with E-state index >= 15 is 0 Å². The lowest BCUT2D eigenvalue weighted by molar-refractivity contribution is 0.0958. The molecule has 8 heteroatoms. The first kappa shape index (κ1) is 21.2. The van der Waals surface area contributed by atoms with E-state index in [2.05, 4.69) is 41.7 Å². The van der Waals surface area contributed by atoms with Crippen molar-refractivity contribution in [1.82, 2.24) is 15.1 Å². The van der Waals surface area contributed by atoms with Gasteiger partial charge in [-0.25, -0.2) is 0 Å². The number of hydrogen-bond acceptors (Lipinski definition) is 5. The second-order valence-electron chi connectivity index (χ2n) is 7.03. The molecule has 0 fully saturated rings. The zero-order chi connectivity index (χ0) is 21.7. The van der Waals surface area contributed by atoms with Crippen molar-refractivity contribution in [2.24, 2.45) is 7.05 Å². The lowest BCUT2D eigenvalue weighted by atomic mass is 9.99. The van der Waals surface area contributed by atoms with Crippen molar-refractivity contribution >= 4 is 17.5 Å². The summed E-state index contributed by atoms with van der Waals surface area (Å²) >= 11 is 0. The maximum absolute atomic E-state index is 12.5. The van der Waals surface area contributed by atoms with E-state index in [-0.39, 0.29) is 18.1 Å². The molecule has 0 aliphatic carbocycles. The Kier molecular flexibility index (Phi) is 6.56. The van der Waals surface area contributed by atoms with Crippen LogP contribution in [0.15, 0.2) is 47.0 Å². The van der Waals surface area contributed by atoms with E-state index in [9.17, 15) is 9.59 Å². The first-order chi connectivity index (χ1) is 14.4. The van der Waals surface area contributed by atoms with Gasteiger partial charge in [-0.3, -0.25) is 14.3 Å². The van der Waals surface area contributed by atoms with Crippen LogP contribution in [0.3, 0.4) is 0 Å². The van der Waals surface area contributed by atoms with Gasteiger partial charge < -0.3 is 19.8 Å². The SMILES string of the molecule is CCC(C)c1ccc(OCc2ccc(C(=O)Nc3cn(C)nc3C(=O)NC)o2)cc1. The average Bonchev–Trinajstić information content (AvgIpc) is 3.38. The summed E-state index contributed by atoms with van der Waals surface area (Å²) in [5.41, 5.74) is 1.70. The number of furan rings is 1. The minimum absolute atomic E-state index is 0.118. The zero-order valence-electron chi connectivity index (χ0n) is 17.6. The van der Waals surface area contributed by atoms with Crippen molar-refractivity contribution in [3.8, 4) is 5.75 Å². The molecule has 2 N–H and O–H groups in total. The van der Waals surface area contributed by atoms with Crippen LogP contribution in [-0.4, -0.2) is 28.6 Å². The van der Waals surface area contributed by atoms with Crippen molar-refractivity contribution in [2.45, 2.75) is 32.8 Å². The van der Waals surface area contributed by atoms with E-state index in [1.165, 1.54) is 17.3 Å². The molecule has 158 valence electrons. The minimum atomic E-state index is -0.475. The smallest absolute Gasteiger partial charge is 0.291 e. The van der Waals surface area contributed by atoms with Crippen LogP contribution in [-0.2, 0) is 13.7 Å². The molecule has 1 unspecified atom stereocenters. The summed E-state index contributed by atoms with van der Waals surface area (Å²) in [4.78, 5) is 24.4. The highest BCUT2D eigenvalue weighted by molar-refractivity contribution is 6.06. The van der Waals surface area contributed by atoms with Gasteiger partial charge in [-0.2, -0.15) is 5.10 Å². The lowest BCUT2D eigenvalue weighted by Crippen LogP contribution is -2.21. The first-order valence-corrected chi connectivity index (χ1v) is 9.79. The Labute approximate surface area is 175 Å². The largest absolute Gasteiger partial charge is 0.486 e. The van der Waals surface area contributed by atoms with Crippen LogP contribution in [0.5, 0.6) is 5.75 Å². The molecule has 0 radical (unpaired) electrons. The number of nitrogens with zero attached hydrogens (tertiary/aromatic N) is 2. The topological polar surface area (TPSA) is 98.4 Å². The molecule has 0 aliphatic rings. The van der Waals surface area contributed by atoms with Crippen molar-refractivity contribution in [3.63, 3.8) is 0 Å². The van der Waals surface area contributed by atoms with E-state index in [0.717, 1.165) is 12.2 Å². The van der Waals surface area contributed by atoms with Gasteiger partial charge in [0, 0.05) is 20.3 Å². The van der Waals surface area contributed by atoms with Gasteiger partial charge in [-0.1, -0.05) is 26.0 Å². The van der Waals surface area contributed by atoms with Crippen LogP contribution < -0.4 is 15.4 Å². The maximum Gasteiger partial charge on any atom is 0.291 e. The van der Waals surface area contributed by atoms with Crippen LogP contribution in [0.1, 0.15) is 58.6 Å². The fourth-order valence-electron chi connectivity index (χ4n) is 2.91. The summed E-state index contributed by atoms with van der Waals surface area (Å²) < 4.78 is 12.8. The predicted molar refractivity (Wildman–Crippen MR) is 113 cm³/mol. The minimum Gasteiger partial charge on any atom is -0.486 e. The van der Waals surface area contributed by atoms with Gasteiger partial charge in [0.25, 0.3) is 11.8 Å². The Bertz CT molecular complexity index is 1020. The number of carbonyl (C=O) groups is 2. The van der Waals surface area contributed by atoms with Gasteiger partial charge in [0.05, 0.1) is 5.69 Å². The highest BCUT2D eigenvalue weighted by atomic mass is 16.5. The lowest BCUT2D eigenvalue weighted by Gasteiger charge is -2.10. The van der Waals surface area contributed by atoms with Gasteiger partial charge in [0.15, 0.2) is 11.5 Å². The summed E-state index contributed by atoms with van der Waals surface area (Å²) in [6.07, 6.45) is 2.64. The molecule has 0 bridgehead atoms. The third kappa shape index (κ3) is 4.89. The molecule has 1 aromatic carbocycles. The number of aromatic nitrogens is 2. The van der Waals surface area contributed by atoms with Gasteiger partial charge in [-0.15, -0.1) is 0 Å². The molecule has 0 saturated heterocycles. The summed E-state index contributed by atoms with van der Waals surface area (Å²) in [6, 6.07) is 11.2. The monoisotopic (exact) mass is 410 g/mol. The number of ether oxygens (including phenoxy) is 1. The number of hydrogen-bond donors (Lipinski definition) is 2. The van der Waals surface area contributed by atoms with Crippen molar-refractivity contribution in [3.05, 3.63) is 65.4 Å². The van der Waals surface area contributed by atoms with Crippen molar-refractivity contribution < 1.29 is 18.7 Å². The Balaban J connectivity index is 1.61. The van der Waals surface area contributed by atoms with E-state index < -0.39 is 11.8 Å². The third-order valence-electron chi connectivity index (χ3n) is 4.85. The second-order valence-corrected chi connectivity index (χ2v) is 7.03. The Morgan fingerprint density at radius 1 is 1.17 bits per heavy atom. The number of aryl methyl sites for hydroxylation is 1. The van der Waals surface area contributed by atoms with Gasteiger partial charge in [-0.05, 0) is 42.2 Å². The molecule has 2 aromatic heterocycles. The van der Waals surface area contributed by atoms with Crippen LogP contribution >= 0.6 is 0 Å². The quantitative estimate of drug-likeness (QED) is 0.590. The molecular weight excluding hydrogens is 384 g/mol. The van der Waals surface area contributed by atoms with Crippen LogP contribution in [0.25, 0.3) is 0 Å². The third-order valence-corrected chi connectivity index (χ3v) is 4.85. The van der Waals surface area contributed by atoms with E-state index in [4.69, 9.17) is 9.15 Å². The van der Waals surface area contributed by atoms with Crippen molar-refractivity contribution in [1.29, 1.82) is 0 Å². The van der Waals surface area contributed by atoms with Gasteiger partial charge in [0.1, 0.15) is 18.1 Å². The van der Waals surface area contributed by atoms with Gasteiger partial charge >= 0.3 is 0 Å². The molecule has 30 heavy (non-hydrogen) atoms. The molecule has 2 amide bonds. The number of anilines is 1. The number of amides is 2. The summed E-state index contributed by atoms with van der Waals surface area (Å²) in [6.45, 7) is 4.55. The van der Waals surface area contributed by atoms with Gasteiger partial charge in [0.2, 0.25) is 0 Å². The van der Waals surface area contributed by atoms with E-state index in [1.54, 1.807) is 25.4 Å². The zero-order valence-corrected chi connectivity index (χ0v) is 17.6. The summed E-state index contributed by atoms with van der Waals surface area (Å²) in [5, 5.41) is 9.20. The first-order valence-electron chi connectivity index (χ1n) is 9.79. The molecule has 3 aromatic rings. The highest BCUT2D eigenvalue weighted by Crippen LogP contribution is 2.22. The van der Waals surface area contributed by atoms with Crippen LogP contribution in [0, 0.1) is 0 Å². The summed E-state index contributed by atoms with van der Waals surface area (Å²) in [7, 11) is 3.17. The average molecular weight is 410 g/mol. The standard InChI is InChI=1S/C22H26N4O4/c1-5-14(2)15-6-8-16(9-7-15)29-13-17-10-11-19(30-17)21(27)24-18-12-26(4)25-20(18)22(28)23-3/h6-12,14H,5,13H2,1-4H3,(H,23,28)(H,24,27). The molecular formula is C22H26N4O4. The number of rotatable bonds is 8. The molecule has 0 saturated carbocycles. The molecule has 8 nitrogen and oxygen atoms in total. The van der Waals surface area contributed by atoms with Crippen LogP contribution in [0.2, 0.25) is 0 Å². The number of benzene rings is 1. The highest BCUT2D eigenvalue weighted by Gasteiger charge is 2.19. The normalized spacial score (nSPS) is 11.7. The molecule has 1 atom stereocenters. The fraction of sp³-hybridized carbons (Fsp3) is 0.318. The Hall–Kier alpha value is -3.55. The van der Waals surface area contributed by atoms with Crippen molar-refractivity contribution in [2.75, 3.05) is 12.4 Å². The Morgan fingerprint density at radius 2 is 1.90 bits per heavy atom. The molecule has 0 aliphatic heterocycles. The summed E-state index contributed by atoms with van der Waals surface area (Å²) in [5.74, 6) is 1.01. The van der Waals surface area contributed by atoms with Crippen LogP contribution in [0.4, 0.5) is 5.69 Å². The molecule has 2 heterocycles. The molecule has 3 rings (SSSR count). The van der Waals surface area contributed by atoms with E-state index in [1.807, 2.05) is 12.1 Å². The van der Waals surface area contributed by atoms with E-state index in [0.29, 0.717) is 17.4 Å². The number of nitrogens with one attached hydrogen (secondary N) is 2. The molecule has 0 spiro atoms. The maximum atomic E-state index is 12.5. The number of carbonyl (C=O) groups excluding carboxylic acids is 2.